The van der Waals surface area contributed by atoms with Gasteiger partial charge in [-0.05, 0) is 31.0 Å². The molecule has 2 nitrogen and oxygen atoms in total. The minimum absolute atomic E-state index is 0.452. The molecule has 0 unspecified atom stereocenters. The van der Waals surface area contributed by atoms with Crippen LogP contribution < -0.4 is 5.73 Å². The van der Waals surface area contributed by atoms with Crippen molar-refractivity contribution in [3.63, 3.8) is 0 Å². The molecule has 0 atom stereocenters. The summed E-state index contributed by atoms with van der Waals surface area (Å²) in [4.78, 5) is 10.3. The van der Waals surface area contributed by atoms with Crippen molar-refractivity contribution in [2.75, 3.05) is 5.73 Å². The smallest absolute Gasteiger partial charge is 0.235 e. The molecule has 0 bridgehead atoms. The summed E-state index contributed by atoms with van der Waals surface area (Å²) >= 11 is 0. The van der Waals surface area contributed by atoms with Crippen molar-refractivity contribution < 1.29 is 4.79 Å². The van der Waals surface area contributed by atoms with Crippen LogP contribution in [0.25, 0.3) is 0 Å². The van der Waals surface area contributed by atoms with Gasteiger partial charge in [0.05, 0.1) is 0 Å². The third-order valence-electron chi connectivity index (χ3n) is 1.90. The molecule has 0 saturated carbocycles. The third-order valence-corrected chi connectivity index (χ3v) is 1.90. The minimum Gasteiger partial charge on any atom is -0.398 e. The Labute approximate surface area is 66.0 Å². The standard InChI is InChI=1S/C9H10NO/c1-6-3-4-8(5-11)9(10)7(6)2/h3-4H,10H2,1-2H3. The fraction of sp³-hybridized carbons (Fsp3) is 0.222. The highest BCUT2D eigenvalue weighted by Gasteiger charge is 2.02. The van der Waals surface area contributed by atoms with Crippen LogP contribution in [0.2, 0.25) is 0 Å². The first-order valence-electron chi connectivity index (χ1n) is 3.40. The van der Waals surface area contributed by atoms with Crippen LogP contribution in [0.15, 0.2) is 12.1 Å². The summed E-state index contributed by atoms with van der Waals surface area (Å²) < 4.78 is 0. The number of nitrogens with two attached hydrogens (primary N) is 1. The molecule has 11 heavy (non-hydrogen) atoms. The van der Waals surface area contributed by atoms with Gasteiger partial charge >= 0.3 is 0 Å². The normalized spacial score (nSPS) is 9.64. The topological polar surface area (TPSA) is 43.1 Å². The fourth-order valence-corrected chi connectivity index (χ4v) is 0.927. The van der Waals surface area contributed by atoms with Crippen LogP contribution in [-0.4, -0.2) is 6.29 Å². The van der Waals surface area contributed by atoms with Gasteiger partial charge in [0.15, 0.2) is 0 Å². The number of anilines is 1. The van der Waals surface area contributed by atoms with Gasteiger partial charge in [-0.25, -0.2) is 0 Å². The molecule has 0 aliphatic heterocycles. The van der Waals surface area contributed by atoms with Crippen molar-refractivity contribution in [1.29, 1.82) is 0 Å². The zero-order valence-corrected chi connectivity index (χ0v) is 6.64. The molecule has 0 spiro atoms. The molecule has 57 valence electrons. The summed E-state index contributed by atoms with van der Waals surface area (Å²) in [5, 5.41) is 0. The summed E-state index contributed by atoms with van der Waals surface area (Å²) in [5.74, 6) is 0. The molecule has 1 radical (unpaired) electrons. The largest absolute Gasteiger partial charge is 0.398 e. The predicted octanol–water partition coefficient (Wildman–Crippen LogP) is 1.34. The molecule has 1 rings (SSSR count). The molecule has 0 saturated heterocycles. The van der Waals surface area contributed by atoms with E-state index in [1.807, 2.05) is 19.9 Å². The molecule has 0 fully saturated rings. The zero-order chi connectivity index (χ0) is 8.43. The lowest BCUT2D eigenvalue weighted by Gasteiger charge is -2.04. The van der Waals surface area contributed by atoms with Gasteiger partial charge in [-0.15, -0.1) is 0 Å². The Bertz CT molecular complexity index is 292. The van der Waals surface area contributed by atoms with E-state index < -0.39 is 0 Å². The van der Waals surface area contributed by atoms with Crippen molar-refractivity contribution in [3.8, 4) is 0 Å². The van der Waals surface area contributed by atoms with Crippen LogP contribution in [0.4, 0.5) is 5.69 Å². The Balaban J connectivity index is 3.36. The summed E-state index contributed by atoms with van der Waals surface area (Å²) in [6.07, 6.45) is 1.79. The van der Waals surface area contributed by atoms with Gasteiger partial charge in [0.1, 0.15) is 0 Å². The first-order valence-corrected chi connectivity index (χ1v) is 3.40. The molecular formula is C9H10NO. The second kappa shape index (κ2) is 2.74. The average molecular weight is 148 g/mol. The lowest BCUT2D eigenvalue weighted by molar-refractivity contribution is 0.563. The summed E-state index contributed by atoms with van der Waals surface area (Å²) in [6, 6.07) is 3.55. The molecule has 2 heteroatoms. The number of carbonyl (C=O) groups excluding carboxylic acids is 1. The summed E-state index contributed by atoms with van der Waals surface area (Å²) in [6.45, 7) is 3.85. The highest BCUT2D eigenvalue weighted by molar-refractivity contribution is 5.85. The maximum atomic E-state index is 10.3. The average Bonchev–Trinajstić information content (AvgIpc) is 2.01. The van der Waals surface area contributed by atoms with E-state index in [9.17, 15) is 4.79 Å². The van der Waals surface area contributed by atoms with Crippen LogP contribution in [0, 0.1) is 13.8 Å². The maximum Gasteiger partial charge on any atom is 0.235 e. The van der Waals surface area contributed by atoms with Crippen molar-refractivity contribution in [3.05, 3.63) is 28.8 Å². The highest BCUT2D eigenvalue weighted by atomic mass is 16.1. The van der Waals surface area contributed by atoms with Gasteiger partial charge in [-0.3, -0.25) is 4.79 Å². The Morgan fingerprint density at radius 1 is 1.36 bits per heavy atom. The lowest BCUT2D eigenvalue weighted by atomic mass is 10.0. The quantitative estimate of drug-likeness (QED) is 0.611. The first-order chi connectivity index (χ1) is 5.16. The fourth-order valence-electron chi connectivity index (χ4n) is 0.927. The molecule has 1 aromatic rings. The van der Waals surface area contributed by atoms with E-state index in [1.54, 1.807) is 12.4 Å². The second-order valence-electron chi connectivity index (χ2n) is 2.57. The molecular weight excluding hydrogens is 138 g/mol. The highest BCUT2D eigenvalue weighted by Crippen LogP contribution is 2.18. The van der Waals surface area contributed by atoms with Gasteiger partial charge < -0.3 is 5.73 Å². The van der Waals surface area contributed by atoms with Crippen molar-refractivity contribution in [1.82, 2.24) is 0 Å². The maximum absolute atomic E-state index is 10.3. The number of nitrogen functional groups attached to an aromatic ring is 1. The minimum atomic E-state index is 0.452. The Morgan fingerprint density at radius 2 is 2.00 bits per heavy atom. The van der Waals surface area contributed by atoms with E-state index in [-0.39, 0.29) is 0 Å². The Morgan fingerprint density at radius 3 is 2.55 bits per heavy atom. The van der Waals surface area contributed by atoms with Crippen LogP contribution in [0.3, 0.4) is 0 Å². The van der Waals surface area contributed by atoms with E-state index >= 15 is 0 Å². The van der Waals surface area contributed by atoms with Crippen molar-refractivity contribution in [2.24, 2.45) is 0 Å². The molecule has 0 aliphatic rings. The summed E-state index contributed by atoms with van der Waals surface area (Å²) in [7, 11) is 0. The van der Waals surface area contributed by atoms with Crippen molar-refractivity contribution >= 4 is 12.0 Å². The number of rotatable bonds is 1. The number of aryl methyl sites for hydroxylation is 1. The van der Waals surface area contributed by atoms with Crippen LogP contribution in [-0.2, 0) is 4.79 Å². The van der Waals surface area contributed by atoms with E-state index in [2.05, 4.69) is 0 Å². The molecule has 1 aromatic carbocycles. The molecule has 2 N–H and O–H groups in total. The SMILES string of the molecule is Cc1ccc([C]=O)c(N)c1C. The van der Waals surface area contributed by atoms with Crippen LogP contribution in [0.1, 0.15) is 16.7 Å². The number of hydrogen-bond acceptors (Lipinski definition) is 2. The van der Waals surface area contributed by atoms with Gasteiger partial charge in [0.2, 0.25) is 6.29 Å². The molecule has 0 aliphatic carbocycles. The van der Waals surface area contributed by atoms with E-state index in [0.29, 0.717) is 11.3 Å². The zero-order valence-electron chi connectivity index (χ0n) is 6.64. The predicted molar refractivity (Wildman–Crippen MR) is 45.1 cm³/mol. The van der Waals surface area contributed by atoms with E-state index in [1.165, 1.54) is 0 Å². The second-order valence-corrected chi connectivity index (χ2v) is 2.57. The van der Waals surface area contributed by atoms with Gasteiger partial charge in [-0.2, -0.15) is 0 Å². The number of hydrogen-bond donors (Lipinski definition) is 1. The van der Waals surface area contributed by atoms with E-state index in [4.69, 9.17) is 5.73 Å². The molecule has 0 aromatic heterocycles. The lowest BCUT2D eigenvalue weighted by Crippen LogP contribution is -1.97. The first kappa shape index (κ1) is 7.79. The third kappa shape index (κ3) is 1.24. The van der Waals surface area contributed by atoms with Gasteiger partial charge in [0.25, 0.3) is 0 Å². The Kier molecular flexibility index (Phi) is 1.94. The van der Waals surface area contributed by atoms with Crippen molar-refractivity contribution in [2.45, 2.75) is 13.8 Å². The van der Waals surface area contributed by atoms with E-state index in [0.717, 1.165) is 11.1 Å². The van der Waals surface area contributed by atoms with Gasteiger partial charge in [-0.1, -0.05) is 6.07 Å². The monoisotopic (exact) mass is 148 g/mol. The van der Waals surface area contributed by atoms with Crippen LogP contribution >= 0.6 is 0 Å². The Hall–Kier alpha value is -1.31. The molecule has 0 heterocycles. The van der Waals surface area contributed by atoms with Crippen LogP contribution in [0.5, 0.6) is 0 Å². The summed E-state index contributed by atoms with van der Waals surface area (Å²) in [5.41, 5.74) is 8.69. The number of benzene rings is 1. The van der Waals surface area contributed by atoms with Gasteiger partial charge in [0, 0.05) is 11.3 Å². The molecule has 0 amide bonds.